The smallest absolute Gasteiger partial charge is 0.128 e. The minimum Gasteiger partial charge on any atom is -0.396 e. The van der Waals surface area contributed by atoms with Gasteiger partial charge < -0.3 is 5.11 Å². The number of thioether (sulfide) groups is 1. The quantitative estimate of drug-likeness (QED) is 0.684. The summed E-state index contributed by atoms with van der Waals surface area (Å²) in [6.45, 7) is 6.50. The minimum atomic E-state index is 0.225. The van der Waals surface area contributed by atoms with E-state index in [1.807, 2.05) is 6.92 Å². The minimum absolute atomic E-state index is 0.225. The predicted octanol–water partition coefficient (Wildman–Crippen LogP) is 3.03. The van der Waals surface area contributed by atoms with E-state index in [9.17, 15) is 0 Å². The number of fused-ring (bicyclic) bond motifs is 1. The van der Waals surface area contributed by atoms with Crippen molar-refractivity contribution in [1.82, 2.24) is 9.97 Å². The summed E-state index contributed by atoms with van der Waals surface area (Å²) in [5, 5.41) is 11.3. The van der Waals surface area contributed by atoms with Gasteiger partial charge in [-0.15, -0.1) is 23.1 Å². The summed E-state index contributed by atoms with van der Waals surface area (Å²) in [7, 11) is 0. The van der Waals surface area contributed by atoms with E-state index >= 15 is 0 Å². The topological polar surface area (TPSA) is 46.0 Å². The first-order chi connectivity index (χ1) is 8.13. The highest BCUT2D eigenvalue weighted by Gasteiger charge is 2.13. The molecule has 1 unspecified atom stereocenters. The molecule has 0 bridgehead atoms. The lowest BCUT2D eigenvalue weighted by molar-refractivity contribution is 0.250. The maximum absolute atomic E-state index is 9.04. The van der Waals surface area contributed by atoms with Crippen LogP contribution in [0.15, 0.2) is 11.4 Å². The summed E-state index contributed by atoms with van der Waals surface area (Å²) in [5.74, 6) is 1.18. The number of hydrogen-bond acceptors (Lipinski definition) is 5. The Morgan fingerprint density at radius 1 is 1.41 bits per heavy atom. The van der Waals surface area contributed by atoms with E-state index in [-0.39, 0.29) is 6.61 Å². The van der Waals surface area contributed by atoms with Crippen LogP contribution in [0.1, 0.15) is 17.4 Å². The Balaban J connectivity index is 2.33. The maximum Gasteiger partial charge on any atom is 0.128 e. The first-order valence-corrected chi connectivity index (χ1v) is 7.38. The SMILES string of the molecule is Cc1sc2ncnc(SCC(C)CO)c2c1C. The third-order valence-corrected chi connectivity index (χ3v) is 5.18. The van der Waals surface area contributed by atoms with Gasteiger partial charge in [-0.05, 0) is 25.3 Å². The fourth-order valence-corrected chi connectivity index (χ4v) is 3.66. The van der Waals surface area contributed by atoms with E-state index in [1.165, 1.54) is 15.8 Å². The second-order valence-electron chi connectivity index (χ2n) is 4.24. The van der Waals surface area contributed by atoms with Gasteiger partial charge in [-0.2, -0.15) is 0 Å². The average Bonchev–Trinajstić information content (AvgIpc) is 2.63. The molecule has 92 valence electrons. The van der Waals surface area contributed by atoms with Gasteiger partial charge in [0.05, 0.1) is 0 Å². The number of rotatable bonds is 4. The number of aryl methyl sites for hydroxylation is 2. The normalized spacial score (nSPS) is 13.2. The third kappa shape index (κ3) is 2.61. The zero-order chi connectivity index (χ0) is 12.4. The van der Waals surface area contributed by atoms with E-state index < -0.39 is 0 Å². The van der Waals surface area contributed by atoms with Crippen molar-refractivity contribution in [3.63, 3.8) is 0 Å². The molecule has 0 aliphatic heterocycles. The fourth-order valence-electron chi connectivity index (χ4n) is 1.53. The molecule has 0 amide bonds. The molecule has 0 aliphatic rings. The van der Waals surface area contributed by atoms with E-state index in [2.05, 4.69) is 23.8 Å². The van der Waals surface area contributed by atoms with Gasteiger partial charge in [-0.25, -0.2) is 9.97 Å². The van der Waals surface area contributed by atoms with Crippen LogP contribution in [-0.4, -0.2) is 27.4 Å². The van der Waals surface area contributed by atoms with Crippen LogP contribution in [0.3, 0.4) is 0 Å². The molecular weight excluding hydrogens is 252 g/mol. The van der Waals surface area contributed by atoms with Crippen molar-refractivity contribution in [3.8, 4) is 0 Å². The zero-order valence-electron chi connectivity index (χ0n) is 10.2. The molecule has 2 rings (SSSR count). The van der Waals surface area contributed by atoms with Crippen molar-refractivity contribution < 1.29 is 5.11 Å². The molecule has 0 aromatic carbocycles. The van der Waals surface area contributed by atoms with Gasteiger partial charge in [-0.3, -0.25) is 0 Å². The van der Waals surface area contributed by atoms with Crippen molar-refractivity contribution in [3.05, 3.63) is 16.8 Å². The molecule has 2 heterocycles. The highest BCUT2D eigenvalue weighted by atomic mass is 32.2. The summed E-state index contributed by atoms with van der Waals surface area (Å²) in [5.41, 5.74) is 1.28. The Morgan fingerprint density at radius 2 is 2.18 bits per heavy atom. The summed E-state index contributed by atoms with van der Waals surface area (Å²) in [4.78, 5) is 11.0. The Morgan fingerprint density at radius 3 is 2.88 bits per heavy atom. The lowest BCUT2D eigenvalue weighted by Crippen LogP contribution is -2.03. The number of aromatic nitrogens is 2. The first-order valence-electron chi connectivity index (χ1n) is 5.57. The summed E-state index contributed by atoms with van der Waals surface area (Å²) >= 11 is 3.42. The molecule has 0 saturated carbocycles. The molecule has 2 aromatic rings. The Bertz CT molecular complexity index is 524. The van der Waals surface area contributed by atoms with Crippen molar-refractivity contribution in [2.24, 2.45) is 5.92 Å². The Kier molecular flexibility index (Phi) is 4.01. The number of aliphatic hydroxyl groups excluding tert-OH is 1. The van der Waals surface area contributed by atoms with Crippen LogP contribution in [0.5, 0.6) is 0 Å². The van der Waals surface area contributed by atoms with Crippen LogP contribution in [0.25, 0.3) is 10.2 Å². The molecule has 0 radical (unpaired) electrons. The van der Waals surface area contributed by atoms with E-state index in [1.54, 1.807) is 29.4 Å². The van der Waals surface area contributed by atoms with Crippen LogP contribution >= 0.6 is 23.1 Å². The number of hydrogen-bond donors (Lipinski definition) is 1. The molecule has 0 saturated heterocycles. The zero-order valence-corrected chi connectivity index (χ0v) is 11.9. The summed E-state index contributed by atoms with van der Waals surface area (Å²) in [6, 6.07) is 0. The van der Waals surface area contributed by atoms with Gasteiger partial charge >= 0.3 is 0 Å². The van der Waals surface area contributed by atoms with Gasteiger partial charge in [0.1, 0.15) is 16.2 Å². The molecule has 5 heteroatoms. The molecule has 2 aromatic heterocycles. The maximum atomic E-state index is 9.04. The van der Waals surface area contributed by atoms with Crippen molar-refractivity contribution >= 4 is 33.3 Å². The van der Waals surface area contributed by atoms with Crippen LogP contribution in [0.4, 0.5) is 0 Å². The lowest BCUT2D eigenvalue weighted by Gasteiger charge is -2.07. The molecule has 0 aliphatic carbocycles. The summed E-state index contributed by atoms with van der Waals surface area (Å²) in [6.07, 6.45) is 1.63. The highest BCUT2D eigenvalue weighted by Crippen LogP contribution is 2.34. The van der Waals surface area contributed by atoms with Gasteiger partial charge in [0.2, 0.25) is 0 Å². The number of nitrogens with zero attached hydrogens (tertiary/aromatic N) is 2. The fraction of sp³-hybridized carbons (Fsp3) is 0.500. The van der Waals surface area contributed by atoms with Crippen LogP contribution in [-0.2, 0) is 0 Å². The Hall–Kier alpha value is -0.650. The van der Waals surface area contributed by atoms with Gasteiger partial charge in [-0.1, -0.05) is 6.92 Å². The first kappa shape index (κ1) is 12.8. The van der Waals surface area contributed by atoms with E-state index in [0.29, 0.717) is 5.92 Å². The standard InChI is InChI=1S/C12H16N2OS2/c1-7(4-15)5-16-11-10-8(2)9(3)17-12(10)14-6-13-11/h6-7,15H,4-5H2,1-3H3. The lowest BCUT2D eigenvalue weighted by atomic mass is 10.2. The van der Waals surface area contributed by atoms with Crippen molar-refractivity contribution in [2.75, 3.05) is 12.4 Å². The number of thiophene rings is 1. The monoisotopic (exact) mass is 268 g/mol. The van der Waals surface area contributed by atoms with Crippen molar-refractivity contribution in [1.29, 1.82) is 0 Å². The van der Waals surface area contributed by atoms with Crippen LogP contribution < -0.4 is 0 Å². The van der Waals surface area contributed by atoms with E-state index in [4.69, 9.17) is 5.11 Å². The molecule has 1 atom stereocenters. The molecule has 1 N–H and O–H groups in total. The van der Waals surface area contributed by atoms with E-state index in [0.717, 1.165) is 15.6 Å². The second-order valence-corrected chi connectivity index (χ2v) is 6.45. The van der Waals surface area contributed by atoms with Gasteiger partial charge in [0.25, 0.3) is 0 Å². The Labute approximate surface area is 109 Å². The second kappa shape index (κ2) is 5.33. The average molecular weight is 268 g/mol. The van der Waals surface area contributed by atoms with Crippen LogP contribution in [0.2, 0.25) is 0 Å². The number of aliphatic hydroxyl groups is 1. The molecule has 17 heavy (non-hydrogen) atoms. The van der Waals surface area contributed by atoms with Crippen LogP contribution in [0, 0.1) is 19.8 Å². The van der Waals surface area contributed by atoms with Crippen molar-refractivity contribution in [2.45, 2.75) is 25.8 Å². The molecule has 3 nitrogen and oxygen atoms in total. The largest absolute Gasteiger partial charge is 0.396 e. The molecular formula is C12H16N2OS2. The molecule has 0 spiro atoms. The van der Waals surface area contributed by atoms with Gasteiger partial charge in [0, 0.05) is 22.6 Å². The predicted molar refractivity (Wildman–Crippen MR) is 73.9 cm³/mol. The van der Waals surface area contributed by atoms with Gasteiger partial charge in [0.15, 0.2) is 0 Å². The summed E-state index contributed by atoms with van der Waals surface area (Å²) < 4.78 is 0. The third-order valence-electron chi connectivity index (χ3n) is 2.75. The highest BCUT2D eigenvalue weighted by molar-refractivity contribution is 7.99. The molecule has 0 fully saturated rings.